The van der Waals surface area contributed by atoms with Gasteiger partial charge in [0.1, 0.15) is 0 Å². The summed E-state index contributed by atoms with van der Waals surface area (Å²) in [6, 6.07) is 1.33. The first-order valence-electron chi connectivity index (χ1n) is 7.57. The molecule has 0 radical (unpaired) electrons. The van der Waals surface area contributed by atoms with Crippen molar-refractivity contribution >= 4 is 11.8 Å². The van der Waals surface area contributed by atoms with Crippen LogP contribution >= 0.6 is 11.8 Å². The average molecular weight is 271 g/mol. The Kier molecular flexibility index (Phi) is 5.40. The lowest BCUT2D eigenvalue weighted by atomic mass is 9.89. The minimum atomic E-state index is 0.221. The first-order chi connectivity index (χ1) is 8.60. The Balaban J connectivity index is 1.75. The van der Waals surface area contributed by atoms with Crippen LogP contribution in [-0.4, -0.2) is 35.8 Å². The van der Waals surface area contributed by atoms with E-state index in [-0.39, 0.29) is 5.60 Å². The highest BCUT2D eigenvalue weighted by atomic mass is 32.2. The van der Waals surface area contributed by atoms with Gasteiger partial charge in [-0.2, -0.15) is 11.8 Å². The molecule has 2 aliphatic heterocycles. The van der Waals surface area contributed by atoms with Crippen LogP contribution in [0.15, 0.2) is 0 Å². The van der Waals surface area contributed by atoms with Gasteiger partial charge in [-0.25, -0.2) is 0 Å². The lowest BCUT2D eigenvalue weighted by molar-refractivity contribution is -0.0712. The van der Waals surface area contributed by atoms with E-state index in [4.69, 9.17) is 4.74 Å². The maximum Gasteiger partial charge on any atom is 0.0795 e. The number of thioether (sulfide) groups is 1. The number of rotatable bonds is 5. The highest BCUT2D eigenvalue weighted by Gasteiger charge is 2.40. The largest absolute Gasteiger partial charge is 0.374 e. The predicted octanol–water partition coefficient (Wildman–Crippen LogP) is 3.46. The van der Waals surface area contributed by atoms with Crippen LogP contribution in [0.25, 0.3) is 0 Å². The smallest absolute Gasteiger partial charge is 0.0795 e. The van der Waals surface area contributed by atoms with Crippen molar-refractivity contribution in [3.8, 4) is 0 Å². The van der Waals surface area contributed by atoms with E-state index in [1.54, 1.807) is 0 Å². The molecule has 0 aromatic heterocycles. The van der Waals surface area contributed by atoms with Crippen LogP contribution in [0.4, 0.5) is 0 Å². The molecule has 0 amide bonds. The summed E-state index contributed by atoms with van der Waals surface area (Å²) >= 11 is 2.06. The third kappa shape index (κ3) is 4.14. The lowest BCUT2D eigenvalue weighted by Crippen LogP contribution is -2.49. The summed E-state index contributed by atoms with van der Waals surface area (Å²) in [7, 11) is 0. The second-order valence-corrected chi connectivity index (χ2v) is 7.67. The third-order valence-electron chi connectivity index (χ3n) is 4.26. The van der Waals surface area contributed by atoms with Gasteiger partial charge >= 0.3 is 0 Å². The van der Waals surface area contributed by atoms with Gasteiger partial charge in [0.05, 0.1) is 5.60 Å². The molecule has 0 aliphatic carbocycles. The molecular weight excluding hydrogens is 242 g/mol. The Bertz CT molecular complexity index is 251. The molecule has 2 rings (SSSR count). The summed E-state index contributed by atoms with van der Waals surface area (Å²) in [5, 5.41) is 3.84. The maximum absolute atomic E-state index is 6.08. The van der Waals surface area contributed by atoms with E-state index in [9.17, 15) is 0 Å². The highest BCUT2D eigenvalue weighted by molar-refractivity contribution is 7.99. The topological polar surface area (TPSA) is 21.3 Å². The Morgan fingerprint density at radius 1 is 1.33 bits per heavy atom. The van der Waals surface area contributed by atoms with Crippen LogP contribution in [0.5, 0.6) is 0 Å². The minimum absolute atomic E-state index is 0.221. The molecule has 3 heteroatoms. The number of hydrogen-bond acceptors (Lipinski definition) is 3. The van der Waals surface area contributed by atoms with E-state index in [0.717, 1.165) is 12.5 Å². The van der Waals surface area contributed by atoms with Crippen molar-refractivity contribution in [3.05, 3.63) is 0 Å². The van der Waals surface area contributed by atoms with E-state index in [1.807, 2.05) is 0 Å². The molecule has 0 aromatic rings. The van der Waals surface area contributed by atoms with E-state index >= 15 is 0 Å². The second kappa shape index (κ2) is 6.62. The Morgan fingerprint density at radius 2 is 2.17 bits per heavy atom. The van der Waals surface area contributed by atoms with Crippen LogP contribution < -0.4 is 5.32 Å². The zero-order chi connectivity index (χ0) is 13.0. The summed E-state index contributed by atoms with van der Waals surface area (Å²) in [6.07, 6.45) is 6.32. The monoisotopic (exact) mass is 271 g/mol. The molecule has 106 valence electrons. The molecular formula is C15H29NOS. The average Bonchev–Trinajstić information content (AvgIpc) is 2.75. The van der Waals surface area contributed by atoms with Gasteiger partial charge in [-0.05, 0) is 50.7 Å². The quantitative estimate of drug-likeness (QED) is 0.827. The van der Waals surface area contributed by atoms with Gasteiger partial charge in [0, 0.05) is 24.4 Å². The fraction of sp³-hybridized carbons (Fsp3) is 1.00. The lowest BCUT2D eigenvalue weighted by Gasteiger charge is -2.39. The first kappa shape index (κ1) is 14.7. The van der Waals surface area contributed by atoms with Crippen LogP contribution in [0.1, 0.15) is 52.9 Å². The molecule has 0 aromatic carbocycles. The molecule has 2 fully saturated rings. The first-order valence-corrected chi connectivity index (χ1v) is 8.73. The van der Waals surface area contributed by atoms with Crippen molar-refractivity contribution in [1.82, 2.24) is 5.32 Å². The number of hydrogen-bond donors (Lipinski definition) is 1. The van der Waals surface area contributed by atoms with Crippen LogP contribution in [0, 0.1) is 5.92 Å². The van der Waals surface area contributed by atoms with E-state index in [0.29, 0.717) is 12.1 Å². The summed E-state index contributed by atoms with van der Waals surface area (Å²) in [4.78, 5) is 0. The molecule has 0 bridgehead atoms. The normalized spacial score (nSPS) is 34.3. The van der Waals surface area contributed by atoms with Crippen LogP contribution in [-0.2, 0) is 4.74 Å². The number of ether oxygens (including phenoxy) is 1. The molecule has 2 aliphatic rings. The van der Waals surface area contributed by atoms with Crippen molar-refractivity contribution in [1.29, 1.82) is 0 Å². The molecule has 3 atom stereocenters. The minimum Gasteiger partial charge on any atom is -0.374 e. The molecule has 2 nitrogen and oxygen atoms in total. The predicted molar refractivity (Wildman–Crippen MR) is 80.3 cm³/mol. The standard InChI is InChI=1S/C15H29NOS/c1-12(2)4-5-13(3)16-14-6-8-17-15(10-14)7-9-18-11-15/h12-14,16H,4-11H2,1-3H3. The summed E-state index contributed by atoms with van der Waals surface area (Å²) in [6.45, 7) is 7.92. The molecule has 0 saturated carbocycles. The van der Waals surface area contributed by atoms with Gasteiger partial charge in [-0.15, -0.1) is 0 Å². The van der Waals surface area contributed by atoms with E-state index in [2.05, 4.69) is 37.8 Å². The maximum atomic E-state index is 6.08. The van der Waals surface area contributed by atoms with Gasteiger partial charge in [0.15, 0.2) is 0 Å². The zero-order valence-corrected chi connectivity index (χ0v) is 13.0. The fourth-order valence-electron chi connectivity index (χ4n) is 3.10. The summed E-state index contributed by atoms with van der Waals surface area (Å²) in [5.74, 6) is 3.32. The summed E-state index contributed by atoms with van der Waals surface area (Å²) < 4.78 is 6.08. The summed E-state index contributed by atoms with van der Waals surface area (Å²) in [5.41, 5.74) is 0.221. The SMILES string of the molecule is CC(C)CCC(C)NC1CCOC2(CCSC2)C1. The van der Waals surface area contributed by atoms with Crippen molar-refractivity contribution in [2.75, 3.05) is 18.1 Å². The third-order valence-corrected chi connectivity index (χ3v) is 5.48. The van der Waals surface area contributed by atoms with Crippen molar-refractivity contribution in [2.24, 2.45) is 5.92 Å². The van der Waals surface area contributed by atoms with Crippen LogP contribution in [0.2, 0.25) is 0 Å². The van der Waals surface area contributed by atoms with Gasteiger partial charge in [0.25, 0.3) is 0 Å². The highest BCUT2D eigenvalue weighted by Crippen LogP contribution is 2.38. The van der Waals surface area contributed by atoms with Gasteiger partial charge in [-0.3, -0.25) is 0 Å². The van der Waals surface area contributed by atoms with Gasteiger partial charge < -0.3 is 10.1 Å². The van der Waals surface area contributed by atoms with E-state index in [1.165, 1.54) is 43.6 Å². The Labute approximate surface area is 117 Å². The molecule has 1 spiro atoms. The molecule has 1 N–H and O–H groups in total. The van der Waals surface area contributed by atoms with Crippen molar-refractivity contribution in [2.45, 2.75) is 70.6 Å². The van der Waals surface area contributed by atoms with Gasteiger partial charge in [-0.1, -0.05) is 13.8 Å². The van der Waals surface area contributed by atoms with Crippen molar-refractivity contribution < 1.29 is 4.74 Å². The Hall–Kier alpha value is 0.270. The fourth-order valence-corrected chi connectivity index (χ4v) is 4.48. The molecule has 2 saturated heterocycles. The van der Waals surface area contributed by atoms with E-state index < -0.39 is 0 Å². The zero-order valence-electron chi connectivity index (χ0n) is 12.2. The van der Waals surface area contributed by atoms with Crippen molar-refractivity contribution in [3.63, 3.8) is 0 Å². The molecule has 2 heterocycles. The number of nitrogens with one attached hydrogen (secondary N) is 1. The molecule has 18 heavy (non-hydrogen) atoms. The Morgan fingerprint density at radius 3 is 2.83 bits per heavy atom. The molecule has 3 unspecified atom stereocenters. The van der Waals surface area contributed by atoms with Crippen LogP contribution in [0.3, 0.4) is 0 Å². The van der Waals surface area contributed by atoms with Gasteiger partial charge in [0.2, 0.25) is 0 Å². The second-order valence-electron chi connectivity index (χ2n) is 6.56.